The molecule has 236 valence electrons. The minimum atomic E-state index is -0.512. The lowest BCUT2D eigenvalue weighted by Crippen LogP contribution is -2.30. The molecule has 5 rings (SSSR count). The number of carbonyl (C=O) groups is 3. The van der Waals surface area contributed by atoms with Crippen molar-refractivity contribution in [3.63, 3.8) is 0 Å². The lowest BCUT2D eigenvalue weighted by atomic mass is 10.1. The second-order valence-electron chi connectivity index (χ2n) is 10.7. The average Bonchev–Trinajstić information content (AvgIpc) is 3.09. The van der Waals surface area contributed by atoms with E-state index in [9.17, 15) is 14.4 Å². The van der Waals surface area contributed by atoms with Crippen LogP contribution in [0.25, 0.3) is 6.08 Å². The summed E-state index contributed by atoms with van der Waals surface area (Å²) in [6.45, 7) is 0. The largest absolute Gasteiger partial charge is 0.378 e. The van der Waals surface area contributed by atoms with Gasteiger partial charge in [-0.1, -0.05) is 76.6 Å². The van der Waals surface area contributed by atoms with E-state index in [4.69, 9.17) is 0 Å². The molecule has 3 N–H and O–H groups in total. The van der Waals surface area contributed by atoms with Crippen molar-refractivity contribution in [1.29, 1.82) is 0 Å². The molecule has 9 heteroatoms. The van der Waals surface area contributed by atoms with E-state index in [2.05, 4.69) is 31.9 Å². The van der Waals surface area contributed by atoms with Gasteiger partial charge in [-0.15, -0.1) is 11.8 Å². The molecule has 0 bridgehead atoms. The summed E-state index contributed by atoms with van der Waals surface area (Å²) in [7, 11) is 3.91. The Bertz CT molecular complexity index is 1850. The van der Waals surface area contributed by atoms with Crippen LogP contribution in [-0.2, 0) is 9.59 Å². The number of hydrogen-bond acceptors (Lipinski definition) is 5. The van der Waals surface area contributed by atoms with Crippen LogP contribution in [0.5, 0.6) is 0 Å². The van der Waals surface area contributed by atoms with Crippen LogP contribution in [0.3, 0.4) is 0 Å². The topological polar surface area (TPSA) is 90.5 Å². The van der Waals surface area contributed by atoms with Gasteiger partial charge in [0.15, 0.2) is 0 Å². The number of carbonyl (C=O) groups excluding carboxylic acids is 3. The van der Waals surface area contributed by atoms with Crippen molar-refractivity contribution < 1.29 is 14.4 Å². The maximum atomic E-state index is 13.5. The normalized spacial score (nSPS) is 11.7. The predicted octanol–water partition coefficient (Wildman–Crippen LogP) is 8.40. The number of anilines is 3. The van der Waals surface area contributed by atoms with Crippen LogP contribution in [0.15, 0.2) is 149 Å². The second-order valence-corrected chi connectivity index (χ2v) is 12.8. The predicted molar refractivity (Wildman–Crippen MR) is 196 cm³/mol. The number of thioether (sulfide) groups is 1. The fourth-order valence-electron chi connectivity index (χ4n) is 4.57. The van der Waals surface area contributed by atoms with Crippen LogP contribution in [0.4, 0.5) is 17.1 Å². The Balaban J connectivity index is 1.33. The van der Waals surface area contributed by atoms with Crippen LogP contribution in [0, 0.1) is 0 Å². The summed E-state index contributed by atoms with van der Waals surface area (Å²) in [6.07, 6.45) is 1.65. The van der Waals surface area contributed by atoms with Gasteiger partial charge in [0.1, 0.15) is 10.9 Å². The quantitative estimate of drug-likeness (QED) is 0.0949. The summed E-state index contributed by atoms with van der Waals surface area (Å²) in [5.74, 6) is -1.01. The molecule has 0 aliphatic rings. The third kappa shape index (κ3) is 9.45. The molecule has 0 saturated carbocycles. The Morgan fingerprint density at radius 2 is 1.28 bits per heavy atom. The number of rotatable bonds is 11. The molecule has 0 aliphatic heterocycles. The second kappa shape index (κ2) is 15.9. The minimum Gasteiger partial charge on any atom is -0.378 e. The van der Waals surface area contributed by atoms with Crippen molar-refractivity contribution in [3.05, 3.63) is 160 Å². The molecule has 5 aromatic rings. The maximum Gasteiger partial charge on any atom is 0.272 e. The third-order valence-corrected chi connectivity index (χ3v) is 8.86. The van der Waals surface area contributed by atoms with E-state index in [1.165, 1.54) is 11.8 Å². The first-order valence-electron chi connectivity index (χ1n) is 14.8. The molecule has 0 aliphatic carbocycles. The SMILES string of the molecule is CN(C)c1ccc(/C=C(\NC(=O)c2ccccc2)C(=O)Nc2ccc(SC(C(=O)Nc3ccc(Br)cc3)c3ccccc3)cc2)cc1. The number of nitrogens with one attached hydrogen (secondary N) is 3. The average molecular weight is 706 g/mol. The van der Waals surface area contributed by atoms with Crippen molar-refractivity contribution in [2.75, 3.05) is 29.6 Å². The molecule has 0 radical (unpaired) electrons. The number of benzene rings is 5. The Morgan fingerprint density at radius 1 is 0.702 bits per heavy atom. The molecular formula is C38H33BrN4O3S. The molecule has 5 aromatic carbocycles. The lowest BCUT2D eigenvalue weighted by Gasteiger charge is -2.17. The highest BCUT2D eigenvalue weighted by Crippen LogP contribution is 2.37. The zero-order valence-electron chi connectivity index (χ0n) is 25.8. The summed E-state index contributed by atoms with van der Waals surface area (Å²) in [4.78, 5) is 42.8. The van der Waals surface area contributed by atoms with Gasteiger partial charge in [-0.05, 0) is 90.0 Å². The molecule has 0 spiro atoms. The molecule has 1 unspecified atom stereocenters. The fourth-order valence-corrected chi connectivity index (χ4v) is 5.86. The van der Waals surface area contributed by atoms with E-state index in [1.807, 2.05) is 116 Å². The Hall–Kier alpha value is -5.12. The third-order valence-electron chi connectivity index (χ3n) is 7.07. The van der Waals surface area contributed by atoms with Gasteiger partial charge in [0.2, 0.25) is 5.91 Å². The van der Waals surface area contributed by atoms with Gasteiger partial charge in [0, 0.05) is 46.1 Å². The monoisotopic (exact) mass is 704 g/mol. The van der Waals surface area contributed by atoms with Gasteiger partial charge >= 0.3 is 0 Å². The fraction of sp³-hybridized carbons (Fsp3) is 0.0789. The van der Waals surface area contributed by atoms with E-state index < -0.39 is 17.1 Å². The first-order chi connectivity index (χ1) is 22.7. The smallest absolute Gasteiger partial charge is 0.272 e. The minimum absolute atomic E-state index is 0.101. The number of hydrogen-bond donors (Lipinski definition) is 3. The number of amides is 3. The number of nitrogens with zero attached hydrogens (tertiary/aromatic N) is 1. The molecule has 1 atom stereocenters. The van der Waals surface area contributed by atoms with Gasteiger partial charge < -0.3 is 20.9 Å². The zero-order valence-corrected chi connectivity index (χ0v) is 28.2. The Kier molecular flexibility index (Phi) is 11.3. The molecule has 7 nitrogen and oxygen atoms in total. The van der Waals surface area contributed by atoms with E-state index in [1.54, 1.807) is 42.5 Å². The molecule has 3 amide bonds. The van der Waals surface area contributed by atoms with Gasteiger partial charge in [0.25, 0.3) is 11.8 Å². The molecule has 0 aromatic heterocycles. The highest BCUT2D eigenvalue weighted by atomic mass is 79.9. The molecular weight excluding hydrogens is 672 g/mol. The van der Waals surface area contributed by atoms with Crippen LogP contribution >= 0.6 is 27.7 Å². The molecule has 0 saturated heterocycles. The molecule has 0 heterocycles. The summed E-state index contributed by atoms with van der Waals surface area (Å²) in [5, 5.41) is 8.18. The van der Waals surface area contributed by atoms with E-state index in [0.717, 1.165) is 26.2 Å². The Morgan fingerprint density at radius 3 is 1.89 bits per heavy atom. The first-order valence-corrected chi connectivity index (χ1v) is 16.5. The van der Waals surface area contributed by atoms with Crippen LogP contribution in [-0.4, -0.2) is 31.8 Å². The van der Waals surface area contributed by atoms with Gasteiger partial charge in [-0.25, -0.2) is 0 Å². The lowest BCUT2D eigenvalue weighted by molar-refractivity contribution is -0.116. The van der Waals surface area contributed by atoms with Gasteiger partial charge in [0.05, 0.1) is 0 Å². The van der Waals surface area contributed by atoms with Crippen molar-refractivity contribution in [3.8, 4) is 0 Å². The van der Waals surface area contributed by atoms with E-state index in [0.29, 0.717) is 16.9 Å². The maximum absolute atomic E-state index is 13.5. The summed E-state index contributed by atoms with van der Waals surface area (Å²) >= 11 is 4.84. The van der Waals surface area contributed by atoms with E-state index >= 15 is 0 Å². The zero-order chi connectivity index (χ0) is 33.2. The van der Waals surface area contributed by atoms with E-state index in [-0.39, 0.29) is 11.6 Å². The standard InChI is InChI=1S/C38H33BrN4O3S/c1-43(2)32-21-13-26(14-22-32)25-34(42-36(44)28-11-7-4-8-12-28)37(45)40-31-19-23-33(24-20-31)47-35(27-9-5-3-6-10-27)38(46)41-30-17-15-29(39)16-18-30/h3-25,35H,1-2H3,(H,40,45)(H,41,46)(H,42,44)/b34-25-. The Labute approximate surface area is 287 Å². The van der Waals surface area contributed by atoms with Crippen LogP contribution < -0.4 is 20.9 Å². The van der Waals surface area contributed by atoms with Crippen molar-refractivity contribution in [2.24, 2.45) is 0 Å². The first kappa shape index (κ1) is 33.2. The molecule has 47 heavy (non-hydrogen) atoms. The van der Waals surface area contributed by atoms with Gasteiger partial charge in [-0.2, -0.15) is 0 Å². The summed E-state index contributed by atoms with van der Waals surface area (Å²) in [6, 6.07) is 40.7. The van der Waals surface area contributed by atoms with Crippen molar-refractivity contribution in [2.45, 2.75) is 10.1 Å². The van der Waals surface area contributed by atoms with Crippen LogP contribution in [0.1, 0.15) is 26.7 Å². The highest BCUT2D eigenvalue weighted by Gasteiger charge is 2.22. The van der Waals surface area contributed by atoms with Gasteiger partial charge in [-0.3, -0.25) is 14.4 Å². The summed E-state index contributed by atoms with van der Waals surface area (Å²) < 4.78 is 0.927. The van der Waals surface area contributed by atoms with Crippen molar-refractivity contribution in [1.82, 2.24) is 5.32 Å². The van der Waals surface area contributed by atoms with Crippen molar-refractivity contribution >= 4 is 68.6 Å². The van der Waals surface area contributed by atoms with Crippen LogP contribution in [0.2, 0.25) is 0 Å². The molecule has 0 fully saturated rings. The highest BCUT2D eigenvalue weighted by molar-refractivity contribution is 9.10. The number of halogens is 1. The summed E-state index contributed by atoms with van der Waals surface area (Å²) in [5.41, 5.74) is 4.42.